The van der Waals surface area contributed by atoms with Gasteiger partial charge in [0.2, 0.25) is 0 Å². The first-order valence-electron chi connectivity index (χ1n) is 4.59. The molecule has 13 heavy (non-hydrogen) atoms. The Kier molecular flexibility index (Phi) is 2.80. The van der Waals surface area contributed by atoms with Gasteiger partial charge in [-0.2, -0.15) is 0 Å². The van der Waals surface area contributed by atoms with Crippen molar-refractivity contribution in [3.63, 3.8) is 0 Å². The quantitative estimate of drug-likeness (QED) is 0.722. The molecule has 0 bridgehead atoms. The molecule has 0 N–H and O–H groups in total. The van der Waals surface area contributed by atoms with Gasteiger partial charge in [-0.25, -0.2) is 4.98 Å². The van der Waals surface area contributed by atoms with Crippen LogP contribution in [0.25, 0.3) is 0 Å². The Balaban J connectivity index is 1.83. The molecule has 0 spiro atoms. The first-order valence-corrected chi connectivity index (χ1v) is 5.47. The smallest absolute Gasteiger partial charge is 0.273 e. The van der Waals surface area contributed by atoms with Gasteiger partial charge in [0.25, 0.3) is 5.19 Å². The van der Waals surface area contributed by atoms with E-state index in [1.54, 1.807) is 17.5 Å². The van der Waals surface area contributed by atoms with Crippen molar-refractivity contribution in [2.75, 3.05) is 20.1 Å². The predicted octanol–water partition coefficient (Wildman–Crippen LogP) is 1.62. The normalized spacial score (nSPS) is 20.4. The van der Waals surface area contributed by atoms with Crippen molar-refractivity contribution in [1.29, 1.82) is 0 Å². The molecule has 1 aliphatic rings. The number of piperidine rings is 1. The molecule has 0 aromatic carbocycles. The summed E-state index contributed by atoms with van der Waals surface area (Å²) in [6.07, 6.45) is 4.41. The average molecular weight is 198 g/mol. The molecule has 0 unspecified atom stereocenters. The number of rotatable bonds is 2. The summed E-state index contributed by atoms with van der Waals surface area (Å²) in [6, 6.07) is 0. The van der Waals surface area contributed by atoms with Crippen LogP contribution in [0.15, 0.2) is 11.6 Å². The summed E-state index contributed by atoms with van der Waals surface area (Å²) in [7, 11) is 2.15. The molecule has 0 aliphatic carbocycles. The maximum Gasteiger partial charge on any atom is 0.273 e. The molecular weight excluding hydrogens is 184 g/mol. The highest BCUT2D eigenvalue weighted by atomic mass is 32.1. The van der Waals surface area contributed by atoms with Crippen LogP contribution in [-0.2, 0) is 0 Å². The van der Waals surface area contributed by atoms with Crippen molar-refractivity contribution in [2.45, 2.75) is 18.9 Å². The lowest BCUT2D eigenvalue weighted by Gasteiger charge is -2.28. The zero-order valence-electron chi connectivity index (χ0n) is 7.77. The molecule has 1 aromatic heterocycles. The number of likely N-dealkylation sites (tertiary alicyclic amines) is 1. The lowest BCUT2D eigenvalue weighted by Crippen LogP contribution is -2.35. The summed E-state index contributed by atoms with van der Waals surface area (Å²) < 4.78 is 5.72. The van der Waals surface area contributed by atoms with Gasteiger partial charge in [-0.1, -0.05) is 11.3 Å². The highest BCUT2D eigenvalue weighted by Gasteiger charge is 2.18. The van der Waals surface area contributed by atoms with Crippen LogP contribution in [0.2, 0.25) is 0 Å². The van der Waals surface area contributed by atoms with E-state index in [2.05, 4.69) is 16.9 Å². The fourth-order valence-corrected chi connectivity index (χ4v) is 2.07. The van der Waals surface area contributed by atoms with Crippen LogP contribution in [0.5, 0.6) is 5.19 Å². The van der Waals surface area contributed by atoms with Gasteiger partial charge in [0, 0.05) is 24.7 Å². The maximum atomic E-state index is 5.72. The van der Waals surface area contributed by atoms with Gasteiger partial charge in [-0.15, -0.1) is 0 Å². The van der Waals surface area contributed by atoms with Gasteiger partial charge >= 0.3 is 0 Å². The second-order valence-electron chi connectivity index (χ2n) is 3.42. The number of hydrogen-bond donors (Lipinski definition) is 0. The molecule has 72 valence electrons. The molecule has 1 aromatic rings. The molecule has 1 aliphatic heterocycles. The molecule has 1 fully saturated rings. The molecule has 0 atom stereocenters. The number of nitrogens with zero attached hydrogens (tertiary/aromatic N) is 2. The number of thiazole rings is 1. The summed E-state index contributed by atoms with van der Waals surface area (Å²) >= 11 is 1.57. The number of hydrogen-bond acceptors (Lipinski definition) is 4. The predicted molar refractivity (Wildman–Crippen MR) is 53.3 cm³/mol. The van der Waals surface area contributed by atoms with Crippen LogP contribution in [0.1, 0.15) is 12.8 Å². The van der Waals surface area contributed by atoms with E-state index in [-0.39, 0.29) is 0 Å². The third-order valence-corrected chi connectivity index (χ3v) is 3.00. The Bertz CT molecular complexity index is 242. The van der Waals surface area contributed by atoms with Crippen LogP contribution in [0, 0.1) is 0 Å². The van der Waals surface area contributed by atoms with Crippen molar-refractivity contribution >= 4 is 11.3 Å². The molecule has 2 rings (SSSR count). The number of ether oxygens (including phenoxy) is 1. The highest BCUT2D eigenvalue weighted by Crippen LogP contribution is 2.20. The molecule has 2 heterocycles. The zero-order valence-corrected chi connectivity index (χ0v) is 8.59. The molecule has 0 amide bonds. The van der Waals surface area contributed by atoms with Crippen molar-refractivity contribution in [3.8, 4) is 5.19 Å². The van der Waals surface area contributed by atoms with Crippen molar-refractivity contribution in [1.82, 2.24) is 9.88 Å². The average Bonchev–Trinajstić information content (AvgIpc) is 2.62. The number of aromatic nitrogens is 1. The monoisotopic (exact) mass is 198 g/mol. The molecular formula is C9H14N2OS. The first kappa shape index (κ1) is 8.97. The summed E-state index contributed by atoms with van der Waals surface area (Å²) in [4.78, 5) is 6.45. The van der Waals surface area contributed by atoms with Gasteiger partial charge in [0.15, 0.2) is 0 Å². The van der Waals surface area contributed by atoms with Crippen LogP contribution in [0.4, 0.5) is 0 Å². The van der Waals surface area contributed by atoms with Crippen LogP contribution >= 0.6 is 11.3 Å². The first-order chi connectivity index (χ1) is 6.34. The minimum atomic E-state index is 0.377. The Hall–Kier alpha value is -0.610. The van der Waals surface area contributed by atoms with Crippen molar-refractivity contribution < 1.29 is 4.74 Å². The standard InChI is InChI=1S/C9H14N2OS/c1-11-5-2-8(3-6-11)12-9-10-4-7-13-9/h4,7-8H,2-3,5-6H2,1H3. The molecule has 0 radical (unpaired) electrons. The van der Waals surface area contributed by atoms with E-state index in [0.29, 0.717) is 6.10 Å². The van der Waals surface area contributed by atoms with E-state index < -0.39 is 0 Å². The van der Waals surface area contributed by atoms with Crippen molar-refractivity contribution in [2.24, 2.45) is 0 Å². The van der Waals surface area contributed by atoms with Gasteiger partial charge < -0.3 is 9.64 Å². The van der Waals surface area contributed by atoms with E-state index in [4.69, 9.17) is 4.74 Å². The highest BCUT2D eigenvalue weighted by molar-refractivity contribution is 7.11. The third-order valence-electron chi connectivity index (χ3n) is 2.34. The molecule has 3 nitrogen and oxygen atoms in total. The fraction of sp³-hybridized carbons (Fsp3) is 0.667. The second-order valence-corrected chi connectivity index (χ2v) is 4.28. The van der Waals surface area contributed by atoms with Crippen LogP contribution in [-0.4, -0.2) is 36.1 Å². The van der Waals surface area contributed by atoms with Gasteiger partial charge in [-0.05, 0) is 19.9 Å². The van der Waals surface area contributed by atoms with E-state index in [0.717, 1.165) is 31.1 Å². The Morgan fingerprint density at radius 2 is 2.31 bits per heavy atom. The molecule has 4 heteroatoms. The molecule has 0 saturated carbocycles. The van der Waals surface area contributed by atoms with Gasteiger partial charge in [0.05, 0.1) is 0 Å². The Labute approximate surface area is 82.3 Å². The third kappa shape index (κ3) is 2.42. The maximum absolute atomic E-state index is 5.72. The topological polar surface area (TPSA) is 25.4 Å². The van der Waals surface area contributed by atoms with Gasteiger partial charge in [0.1, 0.15) is 6.10 Å². The Morgan fingerprint density at radius 3 is 2.92 bits per heavy atom. The van der Waals surface area contributed by atoms with E-state index in [9.17, 15) is 0 Å². The van der Waals surface area contributed by atoms with E-state index in [1.807, 2.05) is 5.38 Å². The lowest BCUT2D eigenvalue weighted by molar-refractivity contribution is 0.114. The lowest BCUT2D eigenvalue weighted by atomic mass is 10.1. The zero-order chi connectivity index (χ0) is 9.10. The van der Waals surface area contributed by atoms with Crippen molar-refractivity contribution in [3.05, 3.63) is 11.6 Å². The van der Waals surface area contributed by atoms with Crippen LogP contribution < -0.4 is 4.74 Å². The van der Waals surface area contributed by atoms with Crippen LogP contribution in [0.3, 0.4) is 0 Å². The summed E-state index contributed by atoms with van der Waals surface area (Å²) in [5.41, 5.74) is 0. The summed E-state index contributed by atoms with van der Waals surface area (Å²) in [5, 5.41) is 2.76. The SMILES string of the molecule is CN1CCC(Oc2nccs2)CC1. The van der Waals surface area contributed by atoms with E-state index >= 15 is 0 Å². The minimum Gasteiger partial charge on any atom is -0.467 e. The minimum absolute atomic E-state index is 0.377. The van der Waals surface area contributed by atoms with Gasteiger partial charge in [-0.3, -0.25) is 0 Å². The fourth-order valence-electron chi connectivity index (χ4n) is 1.51. The summed E-state index contributed by atoms with van der Waals surface area (Å²) in [5.74, 6) is 0. The largest absolute Gasteiger partial charge is 0.467 e. The second kappa shape index (κ2) is 4.07. The van der Waals surface area contributed by atoms with E-state index in [1.165, 1.54) is 0 Å². The Morgan fingerprint density at radius 1 is 1.54 bits per heavy atom. The summed E-state index contributed by atoms with van der Waals surface area (Å²) in [6.45, 7) is 2.27. The molecule has 1 saturated heterocycles.